The van der Waals surface area contributed by atoms with Crippen molar-refractivity contribution >= 4 is 45.9 Å². The topological polar surface area (TPSA) is 64.0 Å². The fraction of sp³-hybridized carbons (Fsp3) is 0.240. The summed E-state index contributed by atoms with van der Waals surface area (Å²) in [6.45, 7) is 2.15. The molecule has 8 heteroatoms. The van der Waals surface area contributed by atoms with Gasteiger partial charge in [0, 0.05) is 17.2 Å². The molecule has 0 aliphatic carbocycles. The van der Waals surface area contributed by atoms with E-state index in [4.69, 9.17) is 19.5 Å². The number of benzene rings is 2. The minimum absolute atomic E-state index is 0.175. The monoisotopic (exact) mass is 479 g/mol. The predicted octanol–water partition coefficient (Wildman–Crippen LogP) is 5.79. The molecule has 2 aromatic carbocycles. The smallest absolute Gasteiger partial charge is 0.283 e. The van der Waals surface area contributed by atoms with Crippen LogP contribution in [0, 0.1) is 0 Å². The lowest BCUT2D eigenvalue weighted by molar-refractivity contribution is -0.113. The van der Waals surface area contributed by atoms with Crippen LogP contribution >= 0.6 is 23.1 Å². The Morgan fingerprint density at radius 3 is 2.61 bits per heavy atom. The second-order valence-electron chi connectivity index (χ2n) is 7.31. The first kappa shape index (κ1) is 23.1. The van der Waals surface area contributed by atoms with Gasteiger partial charge in [-0.25, -0.2) is 9.98 Å². The Bertz CT molecular complexity index is 1190. The normalized spacial score (nSPS) is 14.6. The molecule has 1 amide bonds. The van der Waals surface area contributed by atoms with Crippen molar-refractivity contribution in [2.45, 2.75) is 25.5 Å². The Morgan fingerprint density at radius 2 is 1.88 bits per heavy atom. The van der Waals surface area contributed by atoms with Gasteiger partial charge in [-0.3, -0.25) is 9.69 Å². The number of rotatable bonds is 8. The van der Waals surface area contributed by atoms with Gasteiger partial charge in [-0.1, -0.05) is 36.9 Å². The van der Waals surface area contributed by atoms with Gasteiger partial charge in [0.2, 0.25) is 0 Å². The van der Waals surface area contributed by atoms with Gasteiger partial charge in [-0.15, -0.1) is 11.3 Å². The lowest BCUT2D eigenvalue weighted by Gasteiger charge is -2.18. The van der Waals surface area contributed by atoms with Crippen molar-refractivity contribution in [1.29, 1.82) is 0 Å². The summed E-state index contributed by atoms with van der Waals surface area (Å²) >= 11 is 3.19. The molecule has 0 saturated carbocycles. The van der Waals surface area contributed by atoms with Gasteiger partial charge in [0.05, 0.1) is 30.6 Å². The Morgan fingerprint density at radius 1 is 1.09 bits per heavy atom. The zero-order chi connectivity index (χ0) is 23.2. The van der Waals surface area contributed by atoms with Crippen LogP contribution in [0.15, 0.2) is 64.6 Å². The summed E-state index contributed by atoms with van der Waals surface area (Å²) in [6, 6.07) is 15.0. The molecule has 1 aliphatic rings. The number of hydrogen-bond donors (Lipinski definition) is 0. The third-order valence-electron chi connectivity index (χ3n) is 4.97. The van der Waals surface area contributed by atoms with Gasteiger partial charge in [0.25, 0.3) is 5.91 Å². The van der Waals surface area contributed by atoms with Crippen molar-refractivity contribution in [3.05, 3.63) is 75.9 Å². The van der Waals surface area contributed by atoms with Gasteiger partial charge in [0.1, 0.15) is 17.2 Å². The number of aryl methyl sites for hydroxylation is 1. The van der Waals surface area contributed by atoms with Crippen molar-refractivity contribution in [3.8, 4) is 11.5 Å². The molecular formula is C25H25N3O3S2. The molecule has 170 valence electrons. The molecule has 0 fully saturated rings. The van der Waals surface area contributed by atoms with Gasteiger partial charge >= 0.3 is 0 Å². The largest absolute Gasteiger partial charge is 0.497 e. The zero-order valence-corrected chi connectivity index (χ0v) is 20.4. The first-order valence-electron chi connectivity index (χ1n) is 10.6. The van der Waals surface area contributed by atoms with E-state index < -0.39 is 0 Å². The van der Waals surface area contributed by atoms with E-state index in [1.54, 1.807) is 36.5 Å². The minimum Gasteiger partial charge on any atom is -0.497 e. The van der Waals surface area contributed by atoms with Crippen molar-refractivity contribution in [3.63, 3.8) is 0 Å². The number of carbonyl (C=O) groups is 1. The summed E-state index contributed by atoms with van der Waals surface area (Å²) in [4.78, 5) is 24.4. The molecule has 0 atom stereocenters. The fourth-order valence-corrected chi connectivity index (χ4v) is 5.22. The molecule has 0 unspecified atom stereocenters. The molecule has 2 heterocycles. The van der Waals surface area contributed by atoms with Crippen LogP contribution in [-0.2, 0) is 17.0 Å². The maximum atomic E-state index is 13.4. The van der Waals surface area contributed by atoms with E-state index in [0.717, 1.165) is 34.9 Å². The third-order valence-corrected chi connectivity index (χ3v) is 6.90. The predicted molar refractivity (Wildman–Crippen MR) is 136 cm³/mol. The second-order valence-corrected chi connectivity index (χ2v) is 9.20. The molecule has 33 heavy (non-hydrogen) atoms. The van der Waals surface area contributed by atoms with Crippen LogP contribution in [0.5, 0.6) is 11.5 Å². The van der Waals surface area contributed by atoms with Gasteiger partial charge < -0.3 is 9.47 Å². The highest BCUT2D eigenvalue weighted by atomic mass is 32.2. The summed E-state index contributed by atoms with van der Waals surface area (Å²) in [6.07, 6.45) is 3.86. The highest BCUT2D eigenvalue weighted by Gasteiger charge is 2.32. The molecule has 3 aromatic rings. The number of amides is 1. The van der Waals surface area contributed by atoms with Crippen molar-refractivity contribution in [2.75, 3.05) is 19.1 Å². The maximum Gasteiger partial charge on any atom is 0.283 e. The van der Waals surface area contributed by atoms with E-state index in [9.17, 15) is 4.79 Å². The summed E-state index contributed by atoms with van der Waals surface area (Å²) in [7, 11) is 3.24. The quantitative estimate of drug-likeness (QED) is 0.383. The third kappa shape index (κ3) is 5.46. The summed E-state index contributed by atoms with van der Waals surface area (Å²) in [5, 5.41) is 3.85. The number of amidine groups is 1. The Kier molecular flexibility index (Phi) is 7.47. The number of nitrogens with zero attached hydrogens (tertiary/aromatic N) is 3. The van der Waals surface area contributed by atoms with Crippen LogP contribution in [-0.4, -0.2) is 30.3 Å². The number of aromatic nitrogens is 1. The lowest BCUT2D eigenvalue weighted by atomic mass is 10.2. The first-order valence-corrected chi connectivity index (χ1v) is 12.5. The number of thioether (sulfide) groups is 1. The van der Waals surface area contributed by atoms with E-state index in [-0.39, 0.29) is 5.91 Å². The number of anilines is 1. The van der Waals surface area contributed by atoms with Crippen LogP contribution < -0.4 is 14.4 Å². The van der Waals surface area contributed by atoms with Crippen LogP contribution in [0.25, 0.3) is 6.08 Å². The van der Waals surface area contributed by atoms with E-state index in [2.05, 4.69) is 12.3 Å². The van der Waals surface area contributed by atoms with Crippen molar-refractivity contribution in [1.82, 2.24) is 4.98 Å². The zero-order valence-electron chi connectivity index (χ0n) is 18.8. The van der Waals surface area contributed by atoms with E-state index in [1.165, 1.54) is 11.8 Å². The number of methoxy groups -OCH3 is 2. The Hall–Kier alpha value is -3.10. The molecule has 0 radical (unpaired) electrons. The average Bonchev–Trinajstić information content (AvgIpc) is 3.42. The number of aliphatic imine (C=N–C) groups is 1. The number of thiazole rings is 1. The maximum absolute atomic E-state index is 13.4. The van der Waals surface area contributed by atoms with Gasteiger partial charge in [-0.2, -0.15) is 0 Å². The number of ether oxygens (including phenoxy) is 2. The Balaban J connectivity index is 1.63. The van der Waals surface area contributed by atoms with E-state index in [1.807, 2.05) is 48.5 Å². The molecule has 4 rings (SSSR count). The Labute approximate surface area is 202 Å². The van der Waals surface area contributed by atoms with Gasteiger partial charge in [0.15, 0.2) is 5.17 Å². The molecule has 0 bridgehead atoms. The summed E-state index contributed by atoms with van der Waals surface area (Å²) in [5.74, 6) is 1.91. The lowest BCUT2D eigenvalue weighted by Crippen LogP contribution is -2.30. The highest BCUT2D eigenvalue weighted by molar-refractivity contribution is 8.13. The van der Waals surface area contributed by atoms with Gasteiger partial charge in [-0.05, 0) is 48.7 Å². The molecule has 0 N–H and O–H groups in total. The summed E-state index contributed by atoms with van der Waals surface area (Å²) in [5.41, 5.74) is 2.98. The van der Waals surface area contributed by atoms with Crippen LogP contribution in [0.2, 0.25) is 0 Å². The molecule has 0 saturated heterocycles. The van der Waals surface area contributed by atoms with Crippen LogP contribution in [0.1, 0.15) is 29.6 Å². The molecule has 1 aliphatic heterocycles. The molecule has 0 spiro atoms. The highest BCUT2D eigenvalue weighted by Crippen LogP contribution is 2.32. The fourth-order valence-electron chi connectivity index (χ4n) is 3.31. The van der Waals surface area contributed by atoms with E-state index in [0.29, 0.717) is 28.1 Å². The standard InChI is InChI=1S/C25H25N3O3S2/c1-4-6-23-26-18(15-32-23)16-33-25-27-22(13-17-9-11-20(30-2)12-10-17)24(29)28(25)19-7-5-8-21(14-19)31-3/h5,7-15H,4,6,16H2,1-3H3/b22-13-. The van der Waals surface area contributed by atoms with Crippen LogP contribution in [0.4, 0.5) is 5.69 Å². The first-order chi connectivity index (χ1) is 16.1. The molecule has 1 aromatic heterocycles. The van der Waals surface area contributed by atoms with E-state index >= 15 is 0 Å². The summed E-state index contributed by atoms with van der Waals surface area (Å²) < 4.78 is 10.6. The van der Waals surface area contributed by atoms with Crippen molar-refractivity contribution in [2.24, 2.45) is 4.99 Å². The number of hydrogen-bond acceptors (Lipinski definition) is 7. The van der Waals surface area contributed by atoms with Crippen LogP contribution in [0.3, 0.4) is 0 Å². The minimum atomic E-state index is -0.175. The SMILES string of the molecule is CCCc1nc(CSC2=N/C(=C\c3ccc(OC)cc3)C(=O)N2c2cccc(OC)c2)cs1. The number of carbonyl (C=O) groups excluding carboxylic acids is 1. The molecule has 6 nitrogen and oxygen atoms in total. The second kappa shape index (κ2) is 10.7. The average molecular weight is 480 g/mol. The van der Waals surface area contributed by atoms with Crippen molar-refractivity contribution < 1.29 is 14.3 Å². The molecular weight excluding hydrogens is 454 g/mol.